The van der Waals surface area contributed by atoms with Crippen LogP contribution in [0.4, 0.5) is 0 Å². The van der Waals surface area contributed by atoms with Crippen LogP contribution in [0, 0.1) is 5.41 Å². The van der Waals surface area contributed by atoms with Gasteiger partial charge < -0.3 is 9.47 Å². The molecule has 0 spiro atoms. The molecule has 1 fully saturated rings. The first-order chi connectivity index (χ1) is 16.5. The largest absolute Gasteiger partial charge is 0.465 e. The van der Waals surface area contributed by atoms with Gasteiger partial charge in [-0.3, -0.25) is 9.59 Å². The standard InChI is InChI=1S/C28H36O4S2/c29-26(16-14-24(33)22-10-4-1-5-11-22)31-20-28(18-8-3-9-19-28)21-32-27(30)17-15-25(34)23-12-6-2-7-13-23/h1-2,4-7,10-13,24-25,33-34H,3,8-9,14-21H2. The van der Waals surface area contributed by atoms with Crippen molar-refractivity contribution in [1.29, 1.82) is 0 Å². The molecule has 3 rings (SSSR count). The zero-order valence-electron chi connectivity index (χ0n) is 19.7. The second-order valence-corrected chi connectivity index (χ2v) is 10.6. The number of esters is 2. The molecule has 0 aromatic heterocycles. The second kappa shape index (κ2) is 13.8. The van der Waals surface area contributed by atoms with Crippen molar-refractivity contribution in [2.45, 2.75) is 68.3 Å². The predicted molar refractivity (Wildman–Crippen MR) is 142 cm³/mol. The molecule has 1 aliphatic rings. The van der Waals surface area contributed by atoms with Crippen LogP contribution in [0.3, 0.4) is 0 Å². The Balaban J connectivity index is 1.42. The average molecular weight is 501 g/mol. The lowest BCUT2D eigenvalue weighted by atomic mass is 9.75. The van der Waals surface area contributed by atoms with Crippen molar-refractivity contribution in [3.05, 3.63) is 71.8 Å². The van der Waals surface area contributed by atoms with Crippen LogP contribution in [0.1, 0.15) is 79.4 Å². The molecule has 34 heavy (non-hydrogen) atoms. The van der Waals surface area contributed by atoms with E-state index in [9.17, 15) is 9.59 Å². The van der Waals surface area contributed by atoms with Gasteiger partial charge in [-0.2, -0.15) is 25.3 Å². The lowest BCUT2D eigenvalue weighted by Gasteiger charge is -2.36. The summed E-state index contributed by atoms with van der Waals surface area (Å²) in [7, 11) is 0. The third-order valence-electron chi connectivity index (χ3n) is 6.61. The SMILES string of the molecule is O=C(CCC(S)c1ccccc1)OCC1(COC(=O)CCC(S)c2ccccc2)CCCCC1. The predicted octanol–water partition coefficient (Wildman–Crippen LogP) is 6.93. The Labute approximate surface area is 214 Å². The first kappa shape index (κ1) is 26.7. The van der Waals surface area contributed by atoms with Crippen LogP contribution in [0.15, 0.2) is 60.7 Å². The molecule has 184 valence electrons. The number of rotatable bonds is 12. The van der Waals surface area contributed by atoms with Crippen molar-refractivity contribution in [2.75, 3.05) is 13.2 Å². The average Bonchev–Trinajstić information content (AvgIpc) is 2.89. The fourth-order valence-electron chi connectivity index (χ4n) is 4.44. The molecule has 2 aromatic rings. The third-order valence-corrected chi connectivity index (χ3v) is 7.72. The lowest BCUT2D eigenvalue weighted by molar-refractivity contribution is -0.156. The van der Waals surface area contributed by atoms with E-state index in [0.29, 0.717) is 38.9 Å². The molecule has 0 amide bonds. The van der Waals surface area contributed by atoms with Gasteiger partial charge in [0.2, 0.25) is 0 Å². The Kier molecular flexibility index (Phi) is 10.9. The first-order valence-corrected chi connectivity index (χ1v) is 13.3. The van der Waals surface area contributed by atoms with Gasteiger partial charge in [-0.25, -0.2) is 0 Å². The molecule has 2 unspecified atom stereocenters. The summed E-state index contributed by atoms with van der Waals surface area (Å²) in [6.45, 7) is 0.613. The Morgan fingerprint density at radius 1 is 0.706 bits per heavy atom. The van der Waals surface area contributed by atoms with E-state index in [1.54, 1.807) is 0 Å². The molecule has 2 atom stereocenters. The van der Waals surface area contributed by atoms with Gasteiger partial charge in [0.25, 0.3) is 0 Å². The number of carbonyl (C=O) groups excluding carboxylic acids is 2. The minimum Gasteiger partial charge on any atom is -0.465 e. The number of hydrogen-bond donors (Lipinski definition) is 2. The van der Waals surface area contributed by atoms with E-state index in [0.717, 1.165) is 36.8 Å². The maximum atomic E-state index is 12.4. The fourth-order valence-corrected chi connectivity index (χ4v) is 5.04. The molecule has 0 radical (unpaired) electrons. The quantitative estimate of drug-likeness (QED) is 0.245. The van der Waals surface area contributed by atoms with Gasteiger partial charge in [-0.1, -0.05) is 79.9 Å². The molecule has 0 aliphatic heterocycles. The van der Waals surface area contributed by atoms with Crippen LogP contribution in [-0.4, -0.2) is 25.2 Å². The zero-order valence-corrected chi connectivity index (χ0v) is 21.5. The highest BCUT2D eigenvalue weighted by Crippen LogP contribution is 2.37. The highest BCUT2D eigenvalue weighted by Gasteiger charge is 2.35. The molecule has 0 bridgehead atoms. The Morgan fingerprint density at radius 2 is 1.12 bits per heavy atom. The van der Waals surface area contributed by atoms with Crippen molar-refractivity contribution in [3.63, 3.8) is 0 Å². The van der Waals surface area contributed by atoms with Gasteiger partial charge >= 0.3 is 11.9 Å². The third kappa shape index (κ3) is 8.70. The van der Waals surface area contributed by atoms with Crippen LogP contribution < -0.4 is 0 Å². The number of carbonyl (C=O) groups is 2. The van der Waals surface area contributed by atoms with Crippen molar-refractivity contribution in [1.82, 2.24) is 0 Å². The molecule has 1 aliphatic carbocycles. The van der Waals surface area contributed by atoms with Crippen molar-refractivity contribution < 1.29 is 19.1 Å². The van der Waals surface area contributed by atoms with Crippen molar-refractivity contribution in [3.8, 4) is 0 Å². The first-order valence-electron chi connectivity index (χ1n) is 12.2. The van der Waals surface area contributed by atoms with E-state index in [1.807, 2.05) is 60.7 Å². The van der Waals surface area contributed by atoms with Crippen molar-refractivity contribution in [2.24, 2.45) is 5.41 Å². The van der Waals surface area contributed by atoms with E-state index in [1.165, 1.54) is 6.42 Å². The summed E-state index contributed by atoms with van der Waals surface area (Å²) in [5.41, 5.74) is 1.93. The van der Waals surface area contributed by atoms with Gasteiger partial charge in [0, 0.05) is 28.8 Å². The summed E-state index contributed by atoms with van der Waals surface area (Å²) in [5.74, 6) is -0.431. The Morgan fingerprint density at radius 3 is 1.53 bits per heavy atom. The number of thiol groups is 2. The minimum absolute atomic E-state index is 0.00453. The smallest absolute Gasteiger partial charge is 0.305 e. The van der Waals surface area contributed by atoms with Gasteiger partial charge in [0.15, 0.2) is 0 Å². The van der Waals surface area contributed by atoms with Crippen LogP contribution in [0.5, 0.6) is 0 Å². The maximum Gasteiger partial charge on any atom is 0.305 e. The minimum atomic E-state index is -0.275. The molecular weight excluding hydrogens is 464 g/mol. The van der Waals surface area contributed by atoms with E-state index in [2.05, 4.69) is 25.3 Å². The van der Waals surface area contributed by atoms with Crippen LogP contribution in [0.25, 0.3) is 0 Å². The van der Waals surface area contributed by atoms with Gasteiger partial charge in [-0.15, -0.1) is 0 Å². The number of benzene rings is 2. The molecule has 0 heterocycles. The maximum absolute atomic E-state index is 12.4. The van der Waals surface area contributed by atoms with E-state index in [4.69, 9.17) is 9.47 Å². The van der Waals surface area contributed by atoms with Crippen LogP contribution in [0.2, 0.25) is 0 Å². The molecule has 4 nitrogen and oxygen atoms in total. The molecular formula is C28H36O4S2. The highest BCUT2D eigenvalue weighted by molar-refractivity contribution is 7.80. The summed E-state index contributed by atoms with van der Waals surface area (Å²) in [6.07, 6.45) is 7.01. The lowest BCUT2D eigenvalue weighted by Crippen LogP contribution is -2.36. The highest BCUT2D eigenvalue weighted by atomic mass is 32.1. The Hall–Kier alpha value is -1.92. The summed E-state index contributed by atoms with van der Waals surface area (Å²) >= 11 is 9.25. The number of ether oxygens (including phenoxy) is 2. The summed E-state index contributed by atoms with van der Waals surface area (Å²) in [4.78, 5) is 24.9. The van der Waals surface area contributed by atoms with E-state index in [-0.39, 0.29) is 27.9 Å². The molecule has 6 heteroatoms. The van der Waals surface area contributed by atoms with Gasteiger partial charge in [0.1, 0.15) is 13.2 Å². The van der Waals surface area contributed by atoms with Crippen LogP contribution >= 0.6 is 25.3 Å². The summed E-state index contributed by atoms with van der Waals surface area (Å²) in [5, 5.41) is 0.00905. The zero-order chi connectivity index (χ0) is 24.2. The Bertz CT molecular complexity index is 814. The molecule has 0 saturated heterocycles. The molecule has 1 saturated carbocycles. The van der Waals surface area contributed by atoms with Crippen molar-refractivity contribution >= 4 is 37.2 Å². The van der Waals surface area contributed by atoms with E-state index < -0.39 is 0 Å². The van der Waals surface area contributed by atoms with E-state index >= 15 is 0 Å². The normalized spacial score (nSPS) is 16.9. The molecule has 0 N–H and O–H groups in total. The molecule has 2 aromatic carbocycles. The topological polar surface area (TPSA) is 52.6 Å². The van der Waals surface area contributed by atoms with Gasteiger partial charge in [0.05, 0.1) is 0 Å². The van der Waals surface area contributed by atoms with Gasteiger partial charge in [-0.05, 0) is 36.8 Å². The fraction of sp³-hybridized carbons (Fsp3) is 0.500. The number of hydrogen-bond acceptors (Lipinski definition) is 6. The summed E-state index contributed by atoms with van der Waals surface area (Å²) < 4.78 is 11.4. The monoisotopic (exact) mass is 500 g/mol. The summed E-state index contributed by atoms with van der Waals surface area (Å²) in [6, 6.07) is 19.9. The second-order valence-electron chi connectivity index (χ2n) is 9.31. The van der Waals surface area contributed by atoms with Crippen LogP contribution in [-0.2, 0) is 19.1 Å².